The van der Waals surface area contributed by atoms with Gasteiger partial charge in [0.2, 0.25) is 5.91 Å². The molecule has 1 amide bonds. The van der Waals surface area contributed by atoms with Crippen LogP contribution >= 0.6 is 0 Å². The Labute approximate surface area is 217 Å². The van der Waals surface area contributed by atoms with E-state index in [0.29, 0.717) is 27.7 Å². The van der Waals surface area contributed by atoms with Crippen molar-refractivity contribution in [3.8, 4) is 16.9 Å². The molecule has 38 heavy (non-hydrogen) atoms. The number of hydrogen-bond acceptors (Lipinski definition) is 6. The minimum absolute atomic E-state index is 0.0208. The standard InChI is InChI=1S/C30H25NO7/c1-16-3-7-19(8-4-16)24-15-37-26-14-27-21(12-23(24)26)17(2)22(30(36)38-27)13-28(33)31-25(29(34)35)11-18-5-9-20(32)10-6-18/h3-10,12,14-15,25,32H,11,13H2,1-2H3,(H,31,33)(H,34,35)/t25-/m1/s1. The second-order valence-corrected chi connectivity index (χ2v) is 9.36. The van der Waals surface area contributed by atoms with Crippen molar-refractivity contribution in [2.24, 2.45) is 0 Å². The molecule has 0 saturated heterocycles. The molecule has 0 unspecified atom stereocenters. The maximum Gasteiger partial charge on any atom is 0.340 e. The van der Waals surface area contributed by atoms with Crippen LogP contribution in [0, 0.1) is 13.8 Å². The van der Waals surface area contributed by atoms with Crippen LogP contribution in [0.2, 0.25) is 0 Å². The largest absolute Gasteiger partial charge is 0.508 e. The van der Waals surface area contributed by atoms with Crippen LogP contribution in [0.15, 0.2) is 80.6 Å². The summed E-state index contributed by atoms with van der Waals surface area (Å²) in [5.41, 5.74) is 4.62. The van der Waals surface area contributed by atoms with E-state index in [1.807, 2.05) is 37.3 Å². The molecule has 8 heteroatoms. The number of benzene rings is 3. The fourth-order valence-electron chi connectivity index (χ4n) is 4.54. The van der Waals surface area contributed by atoms with Crippen molar-refractivity contribution in [2.45, 2.75) is 32.7 Å². The first-order chi connectivity index (χ1) is 18.2. The molecule has 1 atom stereocenters. The number of fused-ring (bicyclic) bond motifs is 2. The zero-order chi connectivity index (χ0) is 27.0. The van der Waals surface area contributed by atoms with E-state index in [4.69, 9.17) is 8.83 Å². The number of carboxylic acids is 1. The molecule has 3 N–H and O–H groups in total. The van der Waals surface area contributed by atoms with Gasteiger partial charge in [0.15, 0.2) is 0 Å². The zero-order valence-corrected chi connectivity index (χ0v) is 20.8. The average Bonchev–Trinajstić information content (AvgIpc) is 3.29. The van der Waals surface area contributed by atoms with Gasteiger partial charge in [0.25, 0.3) is 0 Å². The zero-order valence-electron chi connectivity index (χ0n) is 20.8. The minimum Gasteiger partial charge on any atom is -0.508 e. The van der Waals surface area contributed by atoms with Crippen molar-refractivity contribution in [1.29, 1.82) is 0 Å². The smallest absolute Gasteiger partial charge is 0.340 e. The molecular formula is C30H25NO7. The van der Waals surface area contributed by atoms with Crippen LogP contribution in [-0.2, 0) is 22.4 Å². The molecule has 0 aliphatic heterocycles. The molecule has 0 aliphatic rings. The number of carbonyl (C=O) groups excluding carboxylic acids is 1. The van der Waals surface area contributed by atoms with Crippen LogP contribution in [0.4, 0.5) is 0 Å². The fraction of sp³-hybridized carbons (Fsp3) is 0.167. The molecule has 5 rings (SSSR count). The number of hydrogen-bond donors (Lipinski definition) is 3. The van der Waals surface area contributed by atoms with E-state index in [1.54, 1.807) is 31.4 Å². The summed E-state index contributed by atoms with van der Waals surface area (Å²) in [6, 6.07) is 16.5. The quantitative estimate of drug-likeness (QED) is 0.265. The van der Waals surface area contributed by atoms with Crippen LogP contribution in [-0.4, -0.2) is 28.1 Å². The Morgan fingerprint density at radius 1 is 0.947 bits per heavy atom. The number of phenols is 1. The van der Waals surface area contributed by atoms with E-state index in [2.05, 4.69) is 5.32 Å². The molecule has 0 saturated carbocycles. The third kappa shape index (κ3) is 4.88. The molecule has 5 aromatic rings. The molecule has 192 valence electrons. The molecule has 2 aromatic heterocycles. The van der Waals surface area contributed by atoms with Gasteiger partial charge in [-0.2, -0.15) is 0 Å². The van der Waals surface area contributed by atoms with Crippen LogP contribution < -0.4 is 10.9 Å². The fourth-order valence-corrected chi connectivity index (χ4v) is 4.54. The highest BCUT2D eigenvalue weighted by Crippen LogP contribution is 2.34. The van der Waals surface area contributed by atoms with E-state index in [9.17, 15) is 24.6 Å². The number of carbonyl (C=O) groups is 2. The first-order valence-corrected chi connectivity index (χ1v) is 12.0. The number of carboxylic acid groups (broad SMARTS) is 1. The van der Waals surface area contributed by atoms with Gasteiger partial charge in [0, 0.05) is 28.8 Å². The van der Waals surface area contributed by atoms with E-state index in [0.717, 1.165) is 22.1 Å². The predicted octanol–water partition coefficient (Wildman–Crippen LogP) is 4.88. The highest BCUT2D eigenvalue weighted by molar-refractivity contribution is 6.02. The Hall–Kier alpha value is -4.85. The Morgan fingerprint density at radius 3 is 2.34 bits per heavy atom. The van der Waals surface area contributed by atoms with Gasteiger partial charge in [-0.15, -0.1) is 0 Å². The lowest BCUT2D eigenvalue weighted by molar-refractivity contribution is -0.141. The van der Waals surface area contributed by atoms with E-state index in [1.165, 1.54) is 12.1 Å². The van der Waals surface area contributed by atoms with E-state index >= 15 is 0 Å². The van der Waals surface area contributed by atoms with Crippen molar-refractivity contribution < 1.29 is 28.6 Å². The number of amides is 1. The summed E-state index contributed by atoms with van der Waals surface area (Å²) in [6.07, 6.45) is 1.35. The van der Waals surface area contributed by atoms with Crippen molar-refractivity contribution in [2.75, 3.05) is 0 Å². The second-order valence-electron chi connectivity index (χ2n) is 9.36. The van der Waals surface area contributed by atoms with Gasteiger partial charge in [-0.25, -0.2) is 9.59 Å². The van der Waals surface area contributed by atoms with E-state index < -0.39 is 23.5 Å². The van der Waals surface area contributed by atoms with Gasteiger partial charge in [-0.1, -0.05) is 42.0 Å². The lowest BCUT2D eigenvalue weighted by Gasteiger charge is -2.15. The summed E-state index contributed by atoms with van der Waals surface area (Å²) in [7, 11) is 0. The monoisotopic (exact) mass is 511 g/mol. The normalized spacial score (nSPS) is 12.1. The first kappa shape index (κ1) is 24.8. The maximum atomic E-state index is 12.8. The summed E-state index contributed by atoms with van der Waals surface area (Å²) in [5, 5.41) is 23.0. The van der Waals surface area contributed by atoms with Gasteiger partial charge < -0.3 is 24.4 Å². The van der Waals surface area contributed by atoms with Crippen LogP contribution in [0.1, 0.15) is 22.3 Å². The summed E-state index contributed by atoms with van der Waals surface area (Å²) in [4.78, 5) is 37.4. The number of phenolic OH excluding ortho intramolecular Hbond substituents is 1. The Morgan fingerprint density at radius 2 is 1.66 bits per heavy atom. The molecule has 2 heterocycles. The van der Waals surface area contributed by atoms with Gasteiger partial charge in [0.1, 0.15) is 23.0 Å². The van der Waals surface area contributed by atoms with Crippen LogP contribution in [0.5, 0.6) is 5.75 Å². The third-order valence-corrected chi connectivity index (χ3v) is 6.69. The lowest BCUT2D eigenvalue weighted by Crippen LogP contribution is -2.43. The molecule has 0 bridgehead atoms. The van der Waals surface area contributed by atoms with Crippen molar-refractivity contribution in [3.05, 3.63) is 99.6 Å². The molecule has 0 spiro atoms. The minimum atomic E-state index is -1.21. The summed E-state index contributed by atoms with van der Waals surface area (Å²) in [6.45, 7) is 3.75. The van der Waals surface area contributed by atoms with Crippen molar-refractivity contribution >= 4 is 33.8 Å². The Kier molecular flexibility index (Phi) is 6.46. The number of aliphatic carboxylic acids is 1. The summed E-state index contributed by atoms with van der Waals surface area (Å²) in [5.74, 6) is -1.77. The van der Waals surface area contributed by atoms with Gasteiger partial charge in [-0.3, -0.25) is 4.79 Å². The second kappa shape index (κ2) is 9.89. The van der Waals surface area contributed by atoms with Crippen LogP contribution in [0.25, 0.3) is 33.1 Å². The summed E-state index contributed by atoms with van der Waals surface area (Å²) < 4.78 is 11.3. The predicted molar refractivity (Wildman–Crippen MR) is 142 cm³/mol. The third-order valence-electron chi connectivity index (χ3n) is 6.69. The molecule has 3 aromatic carbocycles. The van der Waals surface area contributed by atoms with Gasteiger partial charge in [-0.05, 0) is 48.7 Å². The molecular weight excluding hydrogens is 486 g/mol. The SMILES string of the molecule is Cc1ccc(-c2coc3cc4oc(=O)c(CC(=O)N[C@H](Cc5ccc(O)cc5)C(=O)O)c(C)c4cc23)cc1. The van der Waals surface area contributed by atoms with Crippen LogP contribution in [0.3, 0.4) is 0 Å². The average molecular weight is 512 g/mol. The first-order valence-electron chi connectivity index (χ1n) is 12.0. The topological polar surface area (TPSA) is 130 Å². The molecule has 8 nitrogen and oxygen atoms in total. The molecule has 0 fully saturated rings. The number of aryl methyl sites for hydroxylation is 2. The summed E-state index contributed by atoms with van der Waals surface area (Å²) >= 11 is 0. The Balaban J connectivity index is 1.45. The highest BCUT2D eigenvalue weighted by Gasteiger charge is 2.23. The number of aromatic hydroxyl groups is 1. The van der Waals surface area contributed by atoms with Gasteiger partial charge in [0.05, 0.1) is 18.2 Å². The molecule has 0 radical (unpaired) electrons. The number of nitrogens with one attached hydrogen (secondary N) is 1. The lowest BCUT2D eigenvalue weighted by atomic mass is 9.99. The number of furan rings is 1. The maximum absolute atomic E-state index is 12.8. The highest BCUT2D eigenvalue weighted by atomic mass is 16.4. The van der Waals surface area contributed by atoms with Crippen molar-refractivity contribution in [1.82, 2.24) is 5.32 Å². The Bertz CT molecular complexity index is 1730. The van der Waals surface area contributed by atoms with Gasteiger partial charge >= 0.3 is 11.6 Å². The number of rotatable bonds is 7. The van der Waals surface area contributed by atoms with Crippen molar-refractivity contribution in [3.63, 3.8) is 0 Å². The van der Waals surface area contributed by atoms with E-state index in [-0.39, 0.29) is 24.2 Å². The molecule has 0 aliphatic carbocycles.